The molecular formula is C16H18N2. The lowest BCUT2D eigenvalue weighted by atomic mass is 9.68. The van der Waals surface area contributed by atoms with Crippen molar-refractivity contribution < 1.29 is 0 Å². The van der Waals surface area contributed by atoms with Gasteiger partial charge >= 0.3 is 0 Å². The molecule has 2 nitrogen and oxygen atoms in total. The van der Waals surface area contributed by atoms with E-state index < -0.39 is 0 Å². The highest BCUT2D eigenvalue weighted by atomic mass is 15.1. The zero-order chi connectivity index (χ0) is 11.7. The molecule has 2 saturated carbocycles. The first-order chi connectivity index (χ1) is 8.88. The van der Waals surface area contributed by atoms with Crippen molar-refractivity contribution in [2.45, 2.75) is 44.1 Å². The van der Waals surface area contributed by atoms with Crippen LogP contribution in [0.1, 0.15) is 49.9 Å². The third-order valence-corrected chi connectivity index (χ3v) is 5.47. The molecule has 4 atom stereocenters. The summed E-state index contributed by atoms with van der Waals surface area (Å²) in [4.78, 5) is 4.97. The molecule has 0 amide bonds. The second-order valence-corrected chi connectivity index (χ2v) is 6.59. The smallest absolute Gasteiger partial charge is 0.113 e. The second-order valence-electron chi connectivity index (χ2n) is 6.59. The Labute approximate surface area is 107 Å². The predicted octanol–water partition coefficient (Wildman–Crippen LogP) is 3.88. The molecule has 2 aliphatic carbocycles. The summed E-state index contributed by atoms with van der Waals surface area (Å²) >= 11 is 0. The minimum atomic E-state index is 0.739. The molecule has 6 rings (SSSR count). The molecule has 0 radical (unpaired) electrons. The first kappa shape index (κ1) is 9.60. The fourth-order valence-corrected chi connectivity index (χ4v) is 4.97. The number of fused-ring (bicyclic) bond motifs is 1. The van der Waals surface area contributed by atoms with Crippen LogP contribution in [0.2, 0.25) is 0 Å². The molecule has 92 valence electrons. The largest absolute Gasteiger partial charge is 0.325 e. The Balaban J connectivity index is 1.82. The summed E-state index contributed by atoms with van der Waals surface area (Å²) in [5, 5.41) is 0. The van der Waals surface area contributed by atoms with Crippen LogP contribution in [-0.4, -0.2) is 9.55 Å². The van der Waals surface area contributed by atoms with E-state index in [0.29, 0.717) is 0 Å². The van der Waals surface area contributed by atoms with Crippen molar-refractivity contribution in [3.05, 3.63) is 30.1 Å². The lowest BCUT2D eigenvalue weighted by Crippen LogP contribution is -2.26. The van der Waals surface area contributed by atoms with E-state index in [1.807, 2.05) is 0 Å². The first-order valence-electron chi connectivity index (χ1n) is 7.35. The van der Waals surface area contributed by atoms with Crippen LogP contribution in [0.25, 0.3) is 11.0 Å². The standard InChI is InChI=1S/C16H18N2/c1-2-4-15-14(3-1)17-16-12-6-10-5-11(7-12)9-13(8-10)18(15)16/h1-4,10-13H,5-9H2/t10-,11+,12-,13+. The van der Waals surface area contributed by atoms with Gasteiger partial charge in [-0.3, -0.25) is 0 Å². The highest BCUT2D eigenvalue weighted by Gasteiger charge is 2.43. The number of hydrogen-bond donors (Lipinski definition) is 0. The second kappa shape index (κ2) is 3.17. The summed E-state index contributed by atoms with van der Waals surface area (Å²) in [6.07, 6.45) is 7.10. The van der Waals surface area contributed by atoms with E-state index in [9.17, 15) is 0 Å². The van der Waals surface area contributed by atoms with Crippen molar-refractivity contribution in [1.29, 1.82) is 0 Å². The lowest BCUT2D eigenvalue weighted by molar-refractivity contribution is 0.152. The molecule has 0 unspecified atom stereocenters. The fourth-order valence-electron chi connectivity index (χ4n) is 4.97. The van der Waals surface area contributed by atoms with Gasteiger partial charge in [-0.15, -0.1) is 0 Å². The molecule has 18 heavy (non-hydrogen) atoms. The minimum Gasteiger partial charge on any atom is -0.325 e. The summed E-state index contributed by atoms with van der Waals surface area (Å²) in [6, 6.07) is 9.45. The molecule has 4 bridgehead atoms. The molecule has 2 fully saturated rings. The highest BCUT2D eigenvalue weighted by Crippen LogP contribution is 2.54. The number of para-hydroxylation sites is 2. The van der Waals surface area contributed by atoms with Gasteiger partial charge < -0.3 is 4.57 Å². The van der Waals surface area contributed by atoms with E-state index in [-0.39, 0.29) is 0 Å². The first-order valence-corrected chi connectivity index (χ1v) is 7.35. The third kappa shape index (κ3) is 1.12. The van der Waals surface area contributed by atoms with E-state index in [1.165, 1.54) is 49.0 Å². The van der Waals surface area contributed by atoms with E-state index in [4.69, 9.17) is 4.98 Å². The van der Waals surface area contributed by atoms with Crippen LogP contribution >= 0.6 is 0 Å². The van der Waals surface area contributed by atoms with Crippen LogP contribution in [0.3, 0.4) is 0 Å². The molecule has 1 aromatic carbocycles. The monoisotopic (exact) mass is 238 g/mol. The van der Waals surface area contributed by atoms with Gasteiger partial charge in [0.2, 0.25) is 0 Å². The molecule has 3 heterocycles. The lowest BCUT2D eigenvalue weighted by Gasteiger charge is -2.38. The Morgan fingerprint density at radius 1 is 0.944 bits per heavy atom. The van der Waals surface area contributed by atoms with Crippen LogP contribution in [0.4, 0.5) is 0 Å². The molecular weight excluding hydrogens is 220 g/mol. The third-order valence-electron chi connectivity index (χ3n) is 5.47. The van der Waals surface area contributed by atoms with Gasteiger partial charge in [0.15, 0.2) is 0 Å². The van der Waals surface area contributed by atoms with Gasteiger partial charge in [0, 0.05) is 12.0 Å². The topological polar surface area (TPSA) is 17.8 Å². The quantitative estimate of drug-likeness (QED) is 0.681. The maximum absolute atomic E-state index is 4.97. The Hall–Kier alpha value is -1.31. The molecule has 2 aliphatic heterocycles. The molecule has 4 aliphatic rings. The van der Waals surface area contributed by atoms with Crippen LogP contribution in [0, 0.1) is 11.8 Å². The zero-order valence-corrected chi connectivity index (χ0v) is 10.5. The number of nitrogens with zero attached hydrogens (tertiary/aromatic N) is 2. The van der Waals surface area contributed by atoms with Crippen molar-refractivity contribution in [2.75, 3.05) is 0 Å². The summed E-state index contributed by atoms with van der Waals surface area (Å²) in [5.41, 5.74) is 2.59. The van der Waals surface area contributed by atoms with Crippen molar-refractivity contribution in [3.8, 4) is 0 Å². The van der Waals surface area contributed by atoms with Crippen LogP contribution in [-0.2, 0) is 0 Å². The van der Waals surface area contributed by atoms with E-state index in [2.05, 4.69) is 28.8 Å². The summed E-state index contributed by atoms with van der Waals surface area (Å²) in [5.74, 6) is 4.11. The normalized spacial score (nSPS) is 36.9. The highest BCUT2D eigenvalue weighted by molar-refractivity contribution is 5.76. The van der Waals surface area contributed by atoms with Gasteiger partial charge in [0.25, 0.3) is 0 Å². The molecule has 0 spiro atoms. The molecule has 0 saturated heterocycles. The minimum absolute atomic E-state index is 0.739. The van der Waals surface area contributed by atoms with Gasteiger partial charge in [0.05, 0.1) is 11.0 Å². The van der Waals surface area contributed by atoms with E-state index in [1.54, 1.807) is 0 Å². The Kier molecular flexibility index (Phi) is 1.69. The molecule has 2 heteroatoms. The Bertz CT molecular complexity index is 613. The summed E-state index contributed by atoms with van der Waals surface area (Å²) in [7, 11) is 0. The van der Waals surface area contributed by atoms with Crippen molar-refractivity contribution >= 4 is 11.0 Å². The summed E-state index contributed by atoms with van der Waals surface area (Å²) < 4.78 is 2.61. The van der Waals surface area contributed by atoms with Gasteiger partial charge in [-0.25, -0.2) is 4.98 Å². The maximum atomic E-state index is 4.97. The number of hydrogen-bond acceptors (Lipinski definition) is 1. The Morgan fingerprint density at radius 3 is 2.56 bits per heavy atom. The number of aromatic nitrogens is 2. The molecule has 2 aromatic rings. The maximum Gasteiger partial charge on any atom is 0.113 e. The van der Waals surface area contributed by atoms with Crippen LogP contribution in [0.15, 0.2) is 24.3 Å². The van der Waals surface area contributed by atoms with E-state index >= 15 is 0 Å². The molecule has 0 N–H and O–H groups in total. The van der Waals surface area contributed by atoms with Gasteiger partial charge in [-0.1, -0.05) is 12.1 Å². The predicted molar refractivity (Wildman–Crippen MR) is 71.6 cm³/mol. The van der Waals surface area contributed by atoms with Crippen molar-refractivity contribution in [3.63, 3.8) is 0 Å². The molecule has 1 aromatic heterocycles. The van der Waals surface area contributed by atoms with Crippen LogP contribution < -0.4 is 0 Å². The Morgan fingerprint density at radius 2 is 1.72 bits per heavy atom. The SMILES string of the molecule is c1ccc2c(c1)nc1n2[C@H]2C[C@@H]3C[C@@H](C[C@H]1C3)C2. The number of rotatable bonds is 0. The average Bonchev–Trinajstić information content (AvgIpc) is 2.68. The van der Waals surface area contributed by atoms with Gasteiger partial charge in [-0.05, 0) is 56.1 Å². The van der Waals surface area contributed by atoms with Crippen molar-refractivity contribution in [2.24, 2.45) is 11.8 Å². The fraction of sp³-hybridized carbons (Fsp3) is 0.562. The zero-order valence-electron chi connectivity index (χ0n) is 10.5. The van der Waals surface area contributed by atoms with E-state index in [0.717, 1.165) is 23.8 Å². The van der Waals surface area contributed by atoms with Gasteiger partial charge in [-0.2, -0.15) is 0 Å². The number of benzene rings is 1. The van der Waals surface area contributed by atoms with Crippen molar-refractivity contribution in [1.82, 2.24) is 9.55 Å². The summed E-state index contributed by atoms with van der Waals surface area (Å²) in [6.45, 7) is 0. The number of imidazole rings is 1. The van der Waals surface area contributed by atoms with Crippen LogP contribution in [0.5, 0.6) is 0 Å². The average molecular weight is 238 g/mol. The van der Waals surface area contributed by atoms with Gasteiger partial charge in [0.1, 0.15) is 5.82 Å².